The SMILES string of the molecule is IC1CCCCC(I)C1. The van der Waals surface area contributed by atoms with E-state index in [4.69, 9.17) is 0 Å². The van der Waals surface area contributed by atoms with E-state index in [9.17, 15) is 0 Å². The van der Waals surface area contributed by atoms with Crippen molar-refractivity contribution in [2.24, 2.45) is 0 Å². The zero-order valence-corrected chi connectivity index (χ0v) is 9.76. The lowest BCUT2D eigenvalue weighted by Crippen LogP contribution is -2.02. The molecule has 1 aliphatic rings. The molecule has 0 aromatic carbocycles. The van der Waals surface area contributed by atoms with Crippen LogP contribution in [0.1, 0.15) is 32.1 Å². The summed E-state index contributed by atoms with van der Waals surface area (Å²) in [6.45, 7) is 0. The Morgan fingerprint density at radius 1 is 0.889 bits per heavy atom. The Hall–Kier alpha value is 1.46. The first kappa shape index (κ1) is 8.56. The van der Waals surface area contributed by atoms with Crippen LogP contribution in [0.4, 0.5) is 0 Å². The quantitative estimate of drug-likeness (QED) is 0.356. The molecule has 0 saturated heterocycles. The molecule has 0 aromatic rings. The predicted molar refractivity (Wildman–Crippen MR) is 58.7 cm³/mol. The van der Waals surface area contributed by atoms with Gasteiger partial charge in [-0.05, 0) is 19.3 Å². The van der Waals surface area contributed by atoms with Crippen LogP contribution in [0, 0.1) is 0 Å². The fourth-order valence-corrected chi connectivity index (χ4v) is 4.33. The minimum Gasteiger partial charge on any atom is -0.0826 e. The van der Waals surface area contributed by atoms with Crippen molar-refractivity contribution in [3.05, 3.63) is 0 Å². The maximum Gasteiger partial charge on any atom is 0.0120 e. The van der Waals surface area contributed by atoms with Crippen LogP contribution < -0.4 is 0 Å². The summed E-state index contributed by atoms with van der Waals surface area (Å²) in [5.41, 5.74) is 0. The van der Waals surface area contributed by atoms with Crippen molar-refractivity contribution in [3.8, 4) is 0 Å². The topological polar surface area (TPSA) is 0 Å². The van der Waals surface area contributed by atoms with Crippen LogP contribution >= 0.6 is 45.2 Å². The van der Waals surface area contributed by atoms with Gasteiger partial charge in [0.1, 0.15) is 0 Å². The highest BCUT2D eigenvalue weighted by Crippen LogP contribution is 2.27. The molecule has 1 rings (SSSR count). The van der Waals surface area contributed by atoms with E-state index in [0.29, 0.717) is 0 Å². The Morgan fingerprint density at radius 3 is 1.78 bits per heavy atom. The van der Waals surface area contributed by atoms with E-state index >= 15 is 0 Å². The number of halogens is 2. The third-order valence-corrected chi connectivity index (χ3v) is 4.06. The molecular weight excluding hydrogens is 338 g/mol. The van der Waals surface area contributed by atoms with E-state index in [-0.39, 0.29) is 0 Å². The lowest BCUT2D eigenvalue weighted by atomic mass is 10.2. The van der Waals surface area contributed by atoms with Crippen molar-refractivity contribution in [2.45, 2.75) is 40.0 Å². The molecule has 0 N–H and O–H groups in total. The monoisotopic (exact) mass is 350 g/mol. The van der Waals surface area contributed by atoms with Crippen molar-refractivity contribution < 1.29 is 0 Å². The minimum absolute atomic E-state index is 0.965. The van der Waals surface area contributed by atoms with Crippen LogP contribution in [0.5, 0.6) is 0 Å². The highest BCUT2D eigenvalue weighted by Gasteiger charge is 2.14. The van der Waals surface area contributed by atoms with Gasteiger partial charge in [-0.3, -0.25) is 0 Å². The maximum absolute atomic E-state index is 2.59. The second kappa shape index (κ2) is 4.36. The summed E-state index contributed by atoms with van der Waals surface area (Å²) < 4.78 is 1.93. The first-order valence-corrected chi connectivity index (χ1v) is 6.06. The van der Waals surface area contributed by atoms with Crippen LogP contribution in [0.15, 0.2) is 0 Å². The van der Waals surface area contributed by atoms with Gasteiger partial charge in [-0.2, -0.15) is 0 Å². The Kier molecular flexibility index (Phi) is 4.15. The molecule has 0 aliphatic heterocycles. The van der Waals surface area contributed by atoms with Crippen molar-refractivity contribution in [1.29, 1.82) is 0 Å². The molecule has 0 amide bonds. The van der Waals surface area contributed by atoms with E-state index < -0.39 is 0 Å². The van der Waals surface area contributed by atoms with Gasteiger partial charge < -0.3 is 0 Å². The van der Waals surface area contributed by atoms with E-state index in [1.807, 2.05) is 0 Å². The van der Waals surface area contributed by atoms with Crippen molar-refractivity contribution in [3.63, 3.8) is 0 Å². The third kappa shape index (κ3) is 3.39. The van der Waals surface area contributed by atoms with Gasteiger partial charge in [-0.15, -0.1) is 0 Å². The average molecular weight is 350 g/mol. The standard InChI is InChI=1S/C7H12I2/c8-6-3-1-2-4-7(9)5-6/h6-7H,1-5H2. The van der Waals surface area contributed by atoms with E-state index in [1.165, 1.54) is 32.1 Å². The van der Waals surface area contributed by atoms with Gasteiger partial charge in [0.05, 0.1) is 0 Å². The first-order chi connectivity index (χ1) is 4.29. The van der Waals surface area contributed by atoms with Crippen LogP contribution in [-0.2, 0) is 0 Å². The molecule has 1 saturated carbocycles. The van der Waals surface area contributed by atoms with Gasteiger partial charge >= 0.3 is 0 Å². The molecule has 0 spiro atoms. The van der Waals surface area contributed by atoms with Crippen LogP contribution in [0.3, 0.4) is 0 Å². The highest BCUT2D eigenvalue weighted by molar-refractivity contribution is 14.1. The van der Waals surface area contributed by atoms with E-state index in [0.717, 1.165) is 7.85 Å². The fourth-order valence-electron chi connectivity index (χ4n) is 1.24. The van der Waals surface area contributed by atoms with Crippen molar-refractivity contribution in [2.75, 3.05) is 0 Å². The summed E-state index contributed by atoms with van der Waals surface area (Å²) >= 11 is 5.18. The molecule has 0 aromatic heterocycles. The van der Waals surface area contributed by atoms with Gasteiger partial charge in [0, 0.05) is 7.85 Å². The molecule has 54 valence electrons. The first-order valence-electron chi connectivity index (χ1n) is 3.57. The van der Waals surface area contributed by atoms with Gasteiger partial charge in [0.25, 0.3) is 0 Å². The van der Waals surface area contributed by atoms with Crippen LogP contribution in [-0.4, -0.2) is 7.85 Å². The fraction of sp³-hybridized carbons (Fsp3) is 1.00. The molecule has 0 radical (unpaired) electrons. The summed E-state index contributed by atoms with van der Waals surface area (Å²) in [6.07, 6.45) is 7.29. The molecule has 2 atom stereocenters. The number of hydrogen-bond acceptors (Lipinski definition) is 0. The predicted octanol–water partition coefficient (Wildman–Crippen LogP) is 3.56. The summed E-state index contributed by atoms with van der Waals surface area (Å²) in [7, 11) is 0. The molecule has 0 heterocycles. The second-order valence-electron chi connectivity index (χ2n) is 2.71. The summed E-state index contributed by atoms with van der Waals surface area (Å²) in [6, 6.07) is 0. The van der Waals surface area contributed by atoms with Gasteiger partial charge in [0.2, 0.25) is 0 Å². The zero-order valence-electron chi connectivity index (χ0n) is 5.45. The molecule has 2 unspecified atom stereocenters. The molecule has 0 bridgehead atoms. The van der Waals surface area contributed by atoms with Crippen LogP contribution in [0.25, 0.3) is 0 Å². The Bertz CT molecular complexity index is 73.0. The van der Waals surface area contributed by atoms with Crippen molar-refractivity contribution >= 4 is 45.2 Å². The minimum atomic E-state index is 0.965. The molecule has 2 heteroatoms. The number of hydrogen-bond donors (Lipinski definition) is 0. The second-order valence-corrected chi connectivity index (χ2v) is 6.24. The Balaban J connectivity index is 2.29. The van der Waals surface area contributed by atoms with Gasteiger partial charge in [-0.25, -0.2) is 0 Å². The van der Waals surface area contributed by atoms with E-state index in [2.05, 4.69) is 45.2 Å². The van der Waals surface area contributed by atoms with E-state index in [1.54, 1.807) is 0 Å². The molecular formula is C7H12I2. The van der Waals surface area contributed by atoms with Crippen molar-refractivity contribution in [1.82, 2.24) is 0 Å². The molecule has 1 aliphatic carbocycles. The summed E-state index contributed by atoms with van der Waals surface area (Å²) in [4.78, 5) is 0. The molecule has 1 fully saturated rings. The molecule has 0 nitrogen and oxygen atoms in total. The maximum atomic E-state index is 2.59. The average Bonchev–Trinajstić information content (AvgIpc) is 1.93. The lowest BCUT2D eigenvalue weighted by Gasteiger charge is -2.06. The smallest absolute Gasteiger partial charge is 0.0120 e. The third-order valence-electron chi connectivity index (χ3n) is 1.80. The van der Waals surface area contributed by atoms with Gasteiger partial charge in [0.15, 0.2) is 0 Å². The largest absolute Gasteiger partial charge is 0.0826 e. The molecule has 9 heavy (non-hydrogen) atoms. The normalized spacial score (nSPS) is 38.0. The lowest BCUT2D eigenvalue weighted by molar-refractivity contribution is 0.717. The Labute approximate surface area is 84.4 Å². The van der Waals surface area contributed by atoms with Gasteiger partial charge in [-0.1, -0.05) is 58.0 Å². The summed E-state index contributed by atoms with van der Waals surface area (Å²) in [5.74, 6) is 0. The number of rotatable bonds is 0. The zero-order chi connectivity index (χ0) is 6.69. The Morgan fingerprint density at radius 2 is 1.33 bits per heavy atom. The highest BCUT2D eigenvalue weighted by atomic mass is 127. The number of alkyl halides is 2. The van der Waals surface area contributed by atoms with Crippen LogP contribution in [0.2, 0.25) is 0 Å². The summed E-state index contributed by atoms with van der Waals surface area (Å²) in [5, 5.41) is 0.